The van der Waals surface area contributed by atoms with E-state index in [9.17, 15) is 19.6 Å². The molecule has 2 amide bonds. The van der Waals surface area contributed by atoms with Crippen LogP contribution in [0.5, 0.6) is 5.75 Å². The first-order valence-electron chi connectivity index (χ1n) is 12.6. The summed E-state index contributed by atoms with van der Waals surface area (Å²) in [6.45, 7) is 4.00. The number of hydrogen-bond acceptors (Lipinski definition) is 5. The fourth-order valence-corrected chi connectivity index (χ4v) is 5.07. The highest BCUT2D eigenvalue weighted by atomic mass is 16.5. The van der Waals surface area contributed by atoms with E-state index in [1.54, 1.807) is 13.2 Å². The fourth-order valence-electron chi connectivity index (χ4n) is 5.07. The molecule has 2 unspecified atom stereocenters. The summed E-state index contributed by atoms with van der Waals surface area (Å²) in [5.74, 6) is -0.522. The number of nitrogens with one attached hydrogen (secondary N) is 3. The molecule has 3 N–H and O–H groups in total. The Morgan fingerprint density at radius 2 is 1.97 bits per heavy atom. The molecule has 3 atom stereocenters. The van der Waals surface area contributed by atoms with Crippen molar-refractivity contribution in [3.05, 3.63) is 59.8 Å². The van der Waals surface area contributed by atoms with Crippen molar-refractivity contribution in [3.8, 4) is 11.8 Å². The Kier molecular flexibility index (Phi) is 7.92. The van der Waals surface area contributed by atoms with Crippen LogP contribution in [0.25, 0.3) is 10.9 Å². The van der Waals surface area contributed by atoms with E-state index >= 15 is 0 Å². The number of methoxy groups -OCH3 is 1. The molecule has 3 aromatic rings. The lowest BCUT2D eigenvalue weighted by atomic mass is 9.85. The number of amides is 2. The minimum absolute atomic E-state index is 0.0198. The maximum atomic E-state index is 13.3. The monoisotopic (exact) mass is 500 g/mol. The van der Waals surface area contributed by atoms with Crippen LogP contribution in [0.15, 0.2) is 48.5 Å². The molecule has 8 nitrogen and oxygen atoms in total. The van der Waals surface area contributed by atoms with Gasteiger partial charge in [-0.15, -0.1) is 0 Å². The van der Waals surface area contributed by atoms with Crippen LogP contribution in [0.1, 0.15) is 61.5 Å². The SMILES string of the molecule is COc1cccc2[nH]c(C(=O)C[C@@H](CC(C)C)C(=O)NC(C#N)CC3CC(=O)Nc4ccccc43)cc12. The molecule has 1 aliphatic heterocycles. The van der Waals surface area contributed by atoms with Gasteiger partial charge >= 0.3 is 0 Å². The van der Waals surface area contributed by atoms with Gasteiger partial charge in [-0.25, -0.2) is 0 Å². The highest BCUT2D eigenvalue weighted by Crippen LogP contribution is 2.35. The summed E-state index contributed by atoms with van der Waals surface area (Å²) in [5.41, 5.74) is 2.90. The molecule has 192 valence electrons. The molecule has 4 rings (SSSR count). The molecular formula is C29H32N4O4. The van der Waals surface area contributed by atoms with Crippen LogP contribution in [-0.4, -0.2) is 35.7 Å². The fraction of sp³-hybridized carbons (Fsp3) is 0.379. The average molecular weight is 501 g/mol. The average Bonchev–Trinajstić information content (AvgIpc) is 3.32. The van der Waals surface area contributed by atoms with E-state index in [0.717, 1.165) is 22.2 Å². The number of para-hydroxylation sites is 1. The highest BCUT2D eigenvalue weighted by molar-refractivity contribution is 6.02. The lowest BCUT2D eigenvalue weighted by molar-refractivity contribution is -0.125. The number of ether oxygens (including phenoxy) is 1. The normalized spacial score (nSPS) is 16.4. The van der Waals surface area contributed by atoms with Crippen molar-refractivity contribution in [3.63, 3.8) is 0 Å². The Morgan fingerprint density at radius 1 is 1.19 bits per heavy atom. The Labute approximate surface area is 216 Å². The first-order valence-corrected chi connectivity index (χ1v) is 12.6. The Balaban J connectivity index is 1.47. The molecule has 0 fully saturated rings. The molecule has 2 heterocycles. The number of aromatic amines is 1. The maximum absolute atomic E-state index is 13.3. The van der Waals surface area contributed by atoms with Gasteiger partial charge in [0, 0.05) is 35.3 Å². The predicted octanol–water partition coefficient (Wildman–Crippen LogP) is 4.94. The number of carbonyl (C=O) groups is 3. The number of aromatic nitrogens is 1. The molecule has 1 aromatic heterocycles. The number of benzene rings is 2. The summed E-state index contributed by atoms with van der Waals surface area (Å²) in [7, 11) is 1.58. The zero-order valence-electron chi connectivity index (χ0n) is 21.3. The van der Waals surface area contributed by atoms with E-state index in [1.807, 2.05) is 56.3 Å². The number of ketones is 1. The lowest BCUT2D eigenvalue weighted by Gasteiger charge is -2.28. The molecule has 37 heavy (non-hydrogen) atoms. The summed E-state index contributed by atoms with van der Waals surface area (Å²) in [6.07, 6.45) is 1.10. The molecule has 0 saturated carbocycles. The number of anilines is 1. The van der Waals surface area contributed by atoms with Crippen molar-refractivity contribution in [2.75, 3.05) is 12.4 Å². The Hall–Kier alpha value is -4.12. The maximum Gasteiger partial charge on any atom is 0.224 e. The van der Waals surface area contributed by atoms with Gasteiger partial charge in [-0.05, 0) is 54.5 Å². The van der Waals surface area contributed by atoms with Crippen LogP contribution < -0.4 is 15.4 Å². The Bertz CT molecular complexity index is 1350. The molecule has 0 bridgehead atoms. The van der Waals surface area contributed by atoms with Crippen LogP contribution in [-0.2, 0) is 9.59 Å². The summed E-state index contributed by atoms with van der Waals surface area (Å²) < 4.78 is 5.39. The lowest BCUT2D eigenvalue weighted by Crippen LogP contribution is -2.40. The number of H-pyrrole nitrogens is 1. The quantitative estimate of drug-likeness (QED) is 0.340. The van der Waals surface area contributed by atoms with E-state index in [2.05, 4.69) is 21.7 Å². The highest BCUT2D eigenvalue weighted by Gasteiger charge is 2.30. The van der Waals surface area contributed by atoms with Crippen molar-refractivity contribution in [2.45, 2.75) is 51.5 Å². The summed E-state index contributed by atoms with van der Waals surface area (Å²) in [5, 5.41) is 16.3. The molecule has 0 aliphatic carbocycles. The largest absolute Gasteiger partial charge is 0.496 e. The number of carbonyl (C=O) groups excluding carboxylic acids is 3. The van der Waals surface area contributed by atoms with Crippen molar-refractivity contribution < 1.29 is 19.1 Å². The van der Waals surface area contributed by atoms with Gasteiger partial charge in [-0.1, -0.05) is 38.1 Å². The molecule has 0 spiro atoms. The molecule has 2 aromatic carbocycles. The first kappa shape index (κ1) is 26.0. The van der Waals surface area contributed by atoms with Crippen LogP contribution in [0.4, 0.5) is 5.69 Å². The van der Waals surface area contributed by atoms with Gasteiger partial charge in [-0.2, -0.15) is 5.26 Å². The molecule has 0 radical (unpaired) electrons. The van der Waals surface area contributed by atoms with Gasteiger partial charge in [0.1, 0.15) is 11.8 Å². The molecular weight excluding hydrogens is 468 g/mol. The van der Waals surface area contributed by atoms with Gasteiger partial charge in [0.2, 0.25) is 11.8 Å². The van der Waals surface area contributed by atoms with Crippen LogP contribution in [0.3, 0.4) is 0 Å². The summed E-state index contributed by atoms with van der Waals surface area (Å²) >= 11 is 0. The van der Waals surface area contributed by atoms with E-state index in [-0.39, 0.29) is 42.3 Å². The Morgan fingerprint density at radius 3 is 2.70 bits per heavy atom. The van der Waals surface area contributed by atoms with Crippen molar-refractivity contribution in [1.82, 2.24) is 10.3 Å². The second-order valence-corrected chi connectivity index (χ2v) is 10.0. The molecule has 8 heteroatoms. The van der Waals surface area contributed by atoms with E-state index in [4.69, 9.17) is 4.74 Å². The second kappa shape index (κ2) is 11.3. The topological polar surface area (TPSA) is 124 Å². The van der Waals surface area contributed by atoms with Gasteiger partial charge in [0.25, 0.3) is 0 Å². The van der Waals surface area contributed by atoms with Crippen LogP contribution >= 0.6 is 0 Å². The number of Topliss-reactive ketones (excluding diaryl/α,β-unsaturated/α-hetero) is 1. The third-order valence-corrected chi connectivity index (χ3v) is 6.80. The predicted molar refractivity (Wildman–Crippen MR) is 141 cm³/mol. The van der Waals surface area contributed by atoms with Crippen LogP contribution in [0.2, 0.25) is 0 Å². The van der Waals surface area contributed by atoms with Gasteiger partial charge in [0.05, 0.1) is 18.9 Å². The zero-order chi connectivity index (χ0) is 26.5. The van der Waals surface area contributed by atoms with Crippen LogP contribution in [0, 0.1) is 23.2 Å². The van der Waals surface area contributed by atoms with Gasteiger partial charge in [-0.3, -0.25) is 14.4 Å². The van der Waals surface area contributed by atoms with Crippen molar-refractivity contribution in [2.24, 2.45) is 11.8 Å². The van der Waals surface area contributed by atoms with E-state index in [1.165, 1.54) is 0 Å². The first-order chi connectivity index (χ1) is 17.8. The van der Waals surface area contributed by atoms with Gasteiger partial charge in [0.15, 0.2) is 5.78 Å². The number of hydrogen-bond donors (Lipinski definition) is 3. The van der Waals surface area contributed by atoms with Gasteiger partial charge < -0.3 is 20.4 Å². The van der Waals surface area contributed by atoms with Crippen molar-refractivity contribution in [1.29, 1.82) is 5.26 Å². The number of rotatable bonds is 10. The summed E-state index contributed by atoms with van der Waals surface area (Å²) in [6, 6.07) is 16.2. The minimum atomic E-state index is -0.779. The third-order valence-electron chi connectivity index (χ3n) is 6.80. The molecule has 1 aliphatic rings. The van der Waals surface area contributed by atoms with E-state index in [0.29, 0.717) is 24.3 Å². The zero-order valence-corrected chi connectivity index (χ0v) is 21.3. The van der Waals surface area contributed by atoms with Crippen molar-refractivity contribution >= 4 is 34.2 Å². The number of nitrogens with zero attached hydrogens (tertiary/aromatic N) is 1. The van der Waals surface area contributed by atoms with E-state index < -0.39 is 12.0 Å². The third kappa shape index (κ3) is 6.00. The molecule has 0 saturated heterocycles. The minimum Gasteiger partial charge on any atom is -0.496 e. The smallest absolute Gasteiger partial charge is 0.224 e. The standard InChI is InChI=1S/C29H32N4O4/c1-17(2)11-19(13-26(34)25-15-22-24(32-25)9-6-10-27(22)37-3)29(36)31-20(16-30)12-18-14-28(35)33-23-8-5-4-7-21(18)23/h4-10,15,17-20,32H,11-14H2,1-3H3,(H,31,36)(H,33,35)/t18?,19-,20?/m1/s1. The number of nitriles is 1. The number of fused-ring (bicyclic) bond motifs is 2. The summed E-state index contributed by atoms with van der Waals surface area (Å²) in [4.78, 5) is 41.8. The second-order valence-electron chi connectivity index (χ2n) is 10.0.